The average molecular weight is 303 g/mol. The summed E-state index contributed by atoms with van der Waals surface area (Å²) < 4.78 is 0. The van der Waals surface area contributed by atoms with Crippen LogP contribution in [0.3, 0.4) is 0 Å². The predicted molar refractivity (Wildman–Crippen MR) is 84.4 cm³/mol. The highest BCUT2D eigenvalue weighted by Crippen LogP contribution is 2.20. The number of hydrogen-bond acceptors (Lipinski definition) is 3. The molecule has 1 atom stereocenters. The molecule has 0 spiro atoms. The summed E-state index contributed by atoms with van der Waals surface area (Å²) >= 11 is 0. The molecule has 1 aliphatic heterocycles. The van der Waals surface area contributed by atoms with E-state index in [1.54, 1.807) is 29.2 Å². The van der Waals surface area contributed by atoms with Gasteiger partial charge in [0, 0.05) is 38.3 Å². The number of likely N-dealkylation sites (tertiary alicyclic amines) is 1. The maximum absolute atomic E-state index is 12.3. The molecule has 0 radical (unpaired) electrons. The zero-order valence-corrected chi connectivity index (χ0v) is 12.9. The average Bonchev–Trinajstić information content (AvgIpc) is 2.49. The van der Waals surface area contributed by atoms with Gasteiger partial charge in [0.15, 0.2) is 0 Å². The minimum absolute atomic E-state index is 0.0113. The smallest absolute Gasteiger partial charge is 0.229 e. The fourth-order valence-electron chi connectivity index (χ4n) is 2.56. The first kappa shape index (κ1) is 16.0. The van der Waals surface area contributed by atoms with Crippen molar-refractivity contribution in [3.05, 3.63) is 24.3 Å². The number of carbonyl (C=O) groups is 3. The van der Waals surface area contributed by atoms with E-state index in [0.717, 1.165) is 19.4 Å². The SMILES string of the molecule is CC(=O)Nc1ccc(NC(=O)C2CCCN(C(C)=O)C2)cc1. The molecule has 6 heteroatoms. The molecule has 118 valence electrons. The highest BCUT2D eigenvalue weighted by atomic mass is 16.2. The molecular weight excluding hydrogens is 282 g/mol. The Bertz CT molecular complexity index is 569. The van der Waals surface area contributed by atoms with Crippen molar-refractivity contribution in [2.24, 2.45) is 5.92 Å². The monoisotopic (exact) mass is 303 g/mol. The zero-order chi connectivity index (χ0) is 16.1. The molecule has 1 heterocycles. The number of benzene rings is 1. The molecule has 1 saturated heterocycles. The van der Waals surface area contributed by atoms with Crippen LogP contribution in [0.1, 0.15) is 26.7 Å². The Kier molecular flexibility index (Phi) is 5.14. The van der Waals surface area contributed by atoms with E-state index in [1.165, 1.54) is 13.8 Å². The summed E-state index contributed by atoms with van der Waals surface area (Å²) in [7, 11) is 0. The molecule has 0 saturated carbocycles. The van der Waals surface area contributed by atoms with E-state index in [4.69, 9.17) is 0 Å². The second kappa shape index (κ2) is 7.06. The Hall–Kier alpha value is -2.37. The van der Waals surface area contributed by atoms with Gasteiger partial charge in [-0.05, 0) is 37.1 Å². The molecule has 2 rings (SSSR count). The maximum Gasteiger partial charge on any atom is 0.229 e. The van der Waals surface area contributed by atoms with Crippen LogP contribution in [0.5, 0.6) is 0 Å². The number of piperidine rings is 1. The number of nitrogens with zero attached hydrogens (tertiary/aromatic N) is 1. The van der Waals surface area contributed by atoms with Gasteiger partial charge in [0.1, 0.15) is 0 Å². The molecule has 2 N–H and O–H groups in total. The Morgan fingerprint density at radius 1 is 1.05 bits per heavy atom. The van der Waals surface area contributed by atoms with Crippen molar-refractivity contribution in [2.45, 2.75) is 26.7 Å². The number of rotatable bonds is 3. The van der Waals surface area contributed by atoms with E-state index in [9.17, 15) is 14.4 Å². The fraction of sp³-hybridized carbons (Fsp3) is 0.438. The van der Waals surface area contributed by atoms with Crippen molar-refractivity contribution in [3.8, 4) is 0 Å². The van der Waals surface area contributed by atoms with Gasteiger partial charge >= 0.3 is 0 Å². The van der Waals surface area contributed by atoms with Crippen LogP contribution in [0.15, 0.2) is 24.3 Å². The lowest BCUT2D eigenvalue weighted by Crippen LogP contribution is -2.42. The molecule has 1 unspecified atom stereocenters. The molecule has 3 amide bonds. The van der Waals surface area contributed by atoms with Gasteiger partial charge in [0.05, 0.1) is 5.92 Å². The highest BCUT2D eigenvalue weighted by molar-refractivity contribution is 5.94. The van der Waals surface area contributed by atoms with Crippen LogP contribution in [0, 0.1) is 5.92 Å². The van der Waals surface area contributed by atoms with Gasteiger partial charge < -0.3 is 15.5 Å². The lowest BCUT2D eigenvalue weighted by molar-refractivity contribution is -0.132. The number of carbonyl (C=O) groups excluding carboxylic acids is 3. The summed E-state index contributed by atoms with van der Waals surface area (Å²) in [5.41, 5.74) is 1.37. The minimum atomic E-state index is -0.173. The Morgan fingerprint density at radius 3 is 2.18 bits per heavy atom. The summed E-state index contributed by atoms with van der Waals surface area (Å²) in [5, 5.41) is 5.53. The van der Waals surface area contributed by atoms with Crippen molar-refractivity contribution >= 4 is 29.1 Å². The topological polar surface area (TPSA) is 78.5 Å². The minimum Gasteiger partial charge on any atom is -0.342 e. The molecule has 1 aliphatic rings. The van der Waals surface area contributed by atoms with Crippen molar-refractivity contribution in [1.29, 1.82) is 0 Å². The molecule has 1 aromatic carbocycles. The number of nitrogens with one attached hydrogen (secondary N) is 2. The third kappa shape index (κ3) is 4.31. The molecular formula is C16H21N3O3. The Balaban J connectivity index is 1.93. The van der Waals surface area contributed by atoms with Crippen molar-refractivity contribution in [1.82, 2.24) is 4.90 Å². The summed E-state index contributed by atoms with van der Waals surface area (Å²) in [6.45, 7) is 4.18. The van der Waals surface area contributed by atoms with Crippen LogP contribution in [-0.4, -0.2) is 35.7 Å². The van der Waals surface area contributed by atoms with Gasteiger partial charge in [-0.2, -0.15) is 0 Å². The van der Waals surface area contributed by atoms with Crippen molar-refractivity contribution in [3.63, 3.8) is 0 Å². The number of amides is 3. The number of hydrogen-bond donors (Lipinski definition) is 2. The zero-order valence-electron chi connectivity index (χ0n) is 12.9. The molecule has 1 aromatic rings. The quantitative estimate of drug-likeness (QED) is 0.894. The molecule has 22 heavy (non-hydrogen) atoms. The first-order chi connectivity index (χ1) is 10.5. The molecule has 0 aromatic heterocycles. The summed E-state index contributed by atoms with van der Waals surface area (Å²) in [4.78, 5) is 36.4. The van der Waals surface area contributed by atoms with Crippen LogP contribution in [-0.2, 0) is 14.4 Å². The van der Waals surface area contributed by atoms with Crippen LogP contribution in [0.4, 0.5) is 11.4 Å². The van der Waals surface area contributed by atoms with Crippen LogP contribution in [0.2, 0.25) is 0 Å². The van der Waals surface area contributed by atoms with Gasteiger partial charge in [-0.1, -0.05) is 0 Å². The largest absolute Gasteiger partial charge is 0.342 e. The van der Waals surface area contributed by atoms with E-state index in [0.29, 0.717) is 17.9 Å². The third-order valence-electron chi connectivity index (χ3n) is 3.71. The van der Waals surface area contributed by atoms with E-state index in [-0.39, 0.29) is 23.6 Å². The fourth-order valence-corrected chi connectivity index (χ4v) is 2.56. The van der Waals surface area contributed by atoms with Crippen LogP contribution >= 0.6 is 0 Å². The molecule has 0 bridgehead atoms. The predicted octanol–water partition coefficient (Wildman–Crippen LogP) is 1.84. The van der Waals surface area contributed by atoms with E-state index in [2.05, 4.69) is 10.6 Å². The maximum atomic E-state index is 12.3. The normalized spacial score (nSPS) is 17.7. The van der Waals surface area contributed by atoms with E-state index < -0.39 is 0 Å². The lowest BCUT2D eigenvalue weighted by Gasteiger charge is -2.31. The Morgan fingerprint density at radius 2 is 1.64 bits per heavy atom. The van der Waals surface area contributed by atoms with Gasteiger partial charge in [-0.15, -0.1) is 0 Å². The summed E-state index contributed by atoms with van der Waals surface area (Å²) in [5.74, 6) is -0.369. The highest BCUT2D eigenvalue weighted by Gasteiger charge is 2.26. The second-order valence-electron chi connectivity index (χ2n) is 5.55. The van der Waals surface area contributed by atoms with Crippen molar-refractivity contribution in [2.75, 3.05) is 23.7 Å². The van der Waals surface area contributed by atoms with Crippen LogP contribution in [0.25, 0.3) is 0 Å². The molecule has 6 nitrogen and oxygen atoms in total. The first-order valence-corrected chi connectivity index (χ1v) is 7.39. The van der Waals surface area contributed by atoms with E-state index >= 15 is 0 Å². The summed E-state index contributed by atoms with van der Waals surface area (Å²) in [6, 6.07) is 6.96. The lowest BCUT2D eigenvalue weighted by atomic mass is 9.97. The van der Waals surface area contributed by atoms with E-state index in [1.807, 2.05) is 0 Å². The number of anilines is 2. The molecule has 0 aliphatic carbocycles. The van der Waals surface area contributed by atoms with Gasteiger partial charge in [-0.25, -0.2) is 0 Å². The Labute approximate surface area is 129 Å². The van der Waals surface area contributed by atoms with Gasteiger partial charge in [0.2, 0.25) is 17.7 Å². The van der Waals surface area contributed by atoms with Gasteiger partial charge in [-0.3, -0.25) is 14.4 Å². The summed E-state index contributed by atoms with van der Waals surface area (Å²) in [6.07, 6.45) is 1.64. The third-order valence-corrected chi connectivity index (χ3v) is 3.71. The van der Waals surface area contributed by atoms with Crippen molar-refractivity contribution < 1.29 is 14.4 Å². The molecule has 1 fully saturated rings. The first-order valence-electron chi connectivity index (χ1n) is 7.39. The van der Waals surface area contributed by atoms with Gasteiger partial charge in [0.25, 0.3) is 0 Å². The standard InChI is InChI=1S/C16H21N3O3/c1-11(20)17-14-5-7-15(8-6-14)18-16(22)13-4-3-9-19(10-13)12(2)21/h5-8,13H,3-4,9-10H2,1-2H3,(H,17,20)(H,18,22). The second-order valence-corrected chi connectivity index (χ2v) is 5.55. The van der Waals surface area contributed by atoms with Crippen LogP contribution < -0.4 is 10.6 Å².